The van der Waals surface area contributed by atoms with Gasteiger partial charge in [-0.25, -0.2) is 4.39 Å². The van der Waals surface area contributed by atoms with Gasteiger partial charge in [0, 0.05) is 25.8 Å². The summed E-state index contributed by atoms with van der Waals surface area (Å²) in [7, 11) is 0. The lowest BCUT2D eigenvalue weighted by Gasteiger charge is -2.32. The summed E-state index contributed by atoms with van der Waals surface area (Å²) in [4.78, 5) is 14.7. The minimum Gasteiger partial charge on any atom is -0.352 e. The zero-order valence-electron chi connectivity index (χ0n) is 14.6. The molecular weight excluding hydrogens is 369 g/mol. The number of piperidine rings is 1. The number of fused-ring (bicyclic) bond motifs is 1. The van der Waals surface area contributed by atoms with E-state index in [4.69, 9.17) is 11.6 Å². The fourth-order valence-electron chi connectivity index (χ4n) is 3.42. The molecule has 1 N–H and O–H groups in total. The zero-order valence-corrected chi connectivity index (χ0v) is 15.4. The molecule has 1 aliphatic rings. The van der Waals surface area contributed by atoms with Crippen molar-refractivity contribution >= 4 is 29.1 Å². The second kappa shape index (κ2) is 7.52. The maximum absolute atomic E-state index is 13.3. The number of pyridine rings is 1. The molecule has 0 saturated carbocycles. The summed E-state index contributed by atoms with van der Waals surface area (Å²) in [5, 5.41) is 11.9. The standard InChI is InChI=1S/C19H19ClFN5O/c20-15-6-7-17-23-24-19(26(17)12-15)25-8-2-4-14(11-25)18(27)22-10-13-3-1-5-16(21)9-13/h1,3,5-7,9,12,14H,2,4,8,10-11H2,(H,22,27). The highest BCUT2D eigenvalue weighted by molar-refractivity contribution is 6.30. The fraction of sp³-hybridized carbons (Fsp3) is 0.316. The molecule has 0 aliphatic carbocycles. The molecule has 0 bridgehead atoms. The van der Waals surface area contributed by atoms with Crippen molar-refractivity contribution in [2.24, 2.45) is 5.92 Å². The van der Waals surface area contributed by atoms with E-state index in [1.54, 1.807) is 24.4 Å². The minimum atomic E-state index is -0.303. The van der Waals surface area contributed by atoms with Crippen molar-refractivity contribution in [1.82, 2.24) is 19.9 Å². The van der Waals surface area contributed by atoms with E-state index in [1.165, 1.54) is 12.1 Å². The molecule has 1 aliphatic heterocycles. The second-order valence-corrected chi connectivity index (χ2v) is 7.14. The Labute approximate surface area is 161 Å². The van der Waals surface area contributed by atoms with Gasteiger partial charge in [-0.15, -0.1) is 10.2 Å². The molecule has 8 heteroatoms. The molecule has 0 spiro atoms. The third-order valence-corrected chi connectivity index (χ3v) is 5.00. The summed E-state index contributed by atoms with van der Waals surface area (Å²) >= 11 is 6.09. The van der Waals surface area contributed by atoms with Gasteiger partial charge in [0.25, 0.3) is 0 Å². The molecule has 1 fully saturated rings. The molecule has 3 aromatic rings. The van der Waals surface area contributed by atoms with Crippen LogP contribution in [0.1, 0.15) is 18.4 Å². The number of anilines is 1. The lowest BCUT2D eigenvalue weighted by molar-refractivity contribution is -0.125. The highest BCUT2D eigenvalue weighted by Crippen LogP contribution is 2.23. The first kappa shape index (κ1) is 17.7. The third-order valence-electron chi connectivity index (χ3n) is 4.78. The van der Waals surface area contributed by atoms with Crippen molar-refractivity contribution in [3.05, 3.63) is 59.0 Å². The maximum Gasteiger partial charge on any atom is 0.231 e. The number of hydrogen-bond donors (Lipinski definition) is 1. The number of halogens is 2. The van der Waals surface area contributed by atoms with E-state index in [0.29, 0.717) is 29.7 Å². The maximum atomic E-state index is 13.3. The van der Waals surface area contributed by atoms with Crippen LogP contribution in [-0.2, 0) is 11.3 Å². The Kier molecular flexibility index (Phi) is 4.94. The molecule has 140 valence electrons. The summed E-state index contributed by atoms with van der Waals surface area (Å²) in [6.45, 7) is 1.68. The van der Waals surface area contributed by atoms with Gasteiger partial charge < -0.3 is 10.2 Å². The quantitative estimate of drug-likeness (QED) is 0.747. The average Bonchev–Trinajstić information content (AvgIpc) is 3.09. The van der Waals surface area contributed by atoms with Crippen LogP contribution in [0.5, 0.6) is 0 Å². The number of hydrogen-bond acceptors (Lipinski definition) is 4. The number of rotatable bonds is 4. The Morgan fingerprint density at radius 3 is 3.04 bits per heavy atom. The van der Waals surface area contributed by atoms with Crippen LogP contribution >= 0.6 is 11.6 Å². The van der Waals surface area contributed by atoms with Crippen LogP contribution in [0, 0.1) is 11.7 Å². The van der Waals surface area contributed by atoms with Crippen LogP contribution in [0.2, 0.25) is 5.02 Å². The van der Waals surface area contributed by atoms with Crippen molar-refractivity contribution in [3.63, 3.8) is 0 Å². The highest BCUT2D eigenvalue weighted by Gasteiger charge is 2.28. The molecule has 6 nitrogen and oxygen atoms in total. The van der Waals surface area contributed by atoms with Crippen LogP contribution < -0.4 is 10.2 Å². The lowest BCUT2D eigenvalue weighted by atomic mass is 9.97. The van der Waals surface area contributed by atoms with Gasteiger partial charge in [-0.2, -0.15) is 0 Å². The predicted molar refractivity (Wildman–Crippen MR) is 101 cm³/mol. The van der Waals surface area contributed by atoms with Gasteiger partial charge >= 0.3 is 0 Å². The van der Waals surface area contributed by atoms with E-state index in [0.717, 1.165) is 24.9 Å². The van der Waals surface area contributed by atoms with Crippen molar-refractivity contribution in [1.29, 1.82) is 0 Å². The number of carbonyl (C=O) groups excluding carboxylic acids is 1. The van der Waals surface area contributed by atoms with E-state index in [-0.39, 0.29) is 17.6 Å². The highest BCUT2D eigenvalue weighted by atomic mass is 35.5. The van der Waals surface area contributed by atoms with E-state index in [9.17, 15) is 9.18 Å². The Bertz CT molecular complexity index is 976. The smallest absolute Gasteiger partial charge is 0.231 e. The number of aromatic nitrogens is 3. The van der Waals surface area contributed by atoms with Crippen molar-refractivity contribution in [2.75, 3.05) is 18.0 Å². The number of benzene rings is 1. The van der Waals surface area contributed by atoms with E-state index in [2.05, 4.69) is 20.4 Å². The summed E-state index contributed by atoms with van der Waals surface area (Å²) < 4.78 is 15.1. The van der Waals surface area contributed by atoms with Crippen LogP contribution in [-0.4, -0.2) is 33.6 Å². The lowest BCUT2D eigenvalue weighted by Crippen LogP contribution is -2.43. The molecule has 1 atom stereocenters. The van der Waals surface area contributed by atoms with E-state index < -0.39 is 0 Å². The van der Waals surface area contributed by atoms with Gasteiger partial charge in [-0.05, 0) is 42.7 Å². The largest absolute Gasteiger partial charge is 0.352 e. The van der Waals surface area contributed by atoms with Crippen molar-refractivity contribution < 1.29 is 9.18 Å². The van der Waals surface area contributed by atoms with Crippen molar-refractivity contribution in [3.8, 4) is 0 Å². The number of nitrogens with zero attached hydrogens (tertiary/aromatic N) is 4. The van der Waals surface area contributed by atoms with Gasteiger partial charge in [-0.1, -0.05) is 23.7 Å². The number of carbonyl (C=O) groups is 1. The molecule has 4 rings (SSSR count). The molecule has 2 aromatic heterocycles. The van der Waals surface area contributed by atoms with E-state index in [1.807, 2.05) is 10.5 Å². The topological polar surface area (TPSA) is 62.5 Å². The molecule has 1 unspecified atom stereocenters. The van der Waals surface area contributed by atoms with Gasteiger partial charge in [0.2, 0.25) is 11.9 Å². The number of nitrogens with one attached hydrogen (secondary N) is 1. The first-order chi connectivity index (χ1) is 13.1. The van der Waals surface area contributed by atoms with Crippen LogP contribution in [0.25, 0.3) is 5.65 Å². The fourth-order valence-corrected chi connectivity index (χ4v) is 3.58. The monoisotopic (exact) mass is 387 g/mol. The Morgan fingerprint density at radius 2 is 2.19 bits per heavy atom. The first-order valence-corrected chi connectivity index (χ1v) is 9.25. The SMILES string of the molecule is O=C(NCc1cccc(F)c1)C1CCCN(c2nnc3ccc(Cl)cn23)C1. The van der Waals surface area contributed by atoms with Crippen LogP contribution in [0.3, 0.4) is 0 Å². The molecule has 27 heavy (non-hydrogen) atoms. The third kappa shape index (κ3) is 3.88. The van der Waals surface area contributed by atoms with Gasteiger partial charge in [0.15, 0.2) is 5.65 Å². The summed E-state index contributed by atoms with van der Waals surface area (Å²) in [5.74, 6) is 0.202. The molecule has 0 radical (unpaired) electrons. The summed E-state index contributed by atoms with van der Waals surface area (Å²) in [6, 6.07) is 9.84. The van der Waals surface area contributed by atoms with Gasteiger partial charge in [-0.3, -0.25) is 9.20 Å². The second-order valence-electron chi connectivity index (χ2n) is 6.71. The summed E-state index contributed by atoms with van der Waals surface area (Å²) in [5.41, 5.74) is 1.46. The minimum absolute atomic E-state index is 0.0317. The predicted octanol–water partition coefficient (Wildman–Crippen LogP) is 3.05. The molecule has 1 saturated heterocycles. The molecule has 1 amide bonds. The normalized spacial score (nSPS) is 17.3. The molecule has 3 heterocycles. The first-order valence-electron chi connectivity index (χ1n) is 8.87. The number of amides is 1. The Hall–Kier alpha value is -2.67. The van der Waals surface area contributed by atoms with Crippen LogP contribution in [0.15, 0.2) is 42.6 Å². The summed E-state index contributed by atoms with van der Waals surface area (Å²) in [6.07, 6.45) is 3.47. The molecular formula is C19H19ClFN5O. The molecule has 1 aromatic carbocycles. The van der Waals surface area contributed by atoms with E-state index >= 15 is 0 Å². The Morgan fingerprint density at radius 1 is 1.30 bits per heavy atom. The van der Waals surface area contributed by atoms with Gasteiger partial charge in [0.1, 0.15) is 5.82 Å². The van der Waals surface area contributed by atoms with Gasteiger partial charge in [0.05, 0.1) is 10.9 Å². The van der Waals surface area contributed by atoms with Crippen molar-refractivity contribution in [2.45, 2.75) is 19.4 Å². The average molecular weight is 388 g/mol. The Balaban J connectivity index is 1.44. The van der Waals surface area contributed by atoms with Crippen LogP contribution in [0.4, 0.5) is 10.3 Å². The zero-order chi connectivity index (χ0) is 18.8.